The minimum absolute atomic E-state index is 0.00777. The summed E-state index contributed by atoms with van der Waals surface area (Å²) >= 11 is 6.50. The van der Waals surface area contributed by atoms with Gasteiger partial charge in [-0.05, 0) is 12.5 Å². The molecular formula is C23H20ClNO2. The van der Waals surface area contributed by atoms with E-state index in [-0.39, 0.29) is 22.0 Å². The van der Waals surface area contributed by atoms with Gasteiger partial charge in [0, 0.05) is 38.7 Å². The first kappa shape index (κ1) is 17.7. The van der Waals surface area contributed by atoms with Crippen LogP contribution in [0.3, 0.4) is 0 Å². The lowest BCUT2D eigenvalue weighted by molar-refractivity contribution is 0.0998. The van der Waals surface area contributed by atoms with Crippen molar-refractivity contribution in [3.05, 3.63) is 75.4 Å². The number of rotatable bonds is 1. The third-order valence-electron chi connectivity index (χ3n) is 5.10. The summed E-state index contributed by atoms with van der Waals surface area (Å²) in [6.45, 7) is 8.25. The fourth-order valence-corrected chi connectivity index (χ4v) is 4.04. The maximum absolute atomic E-state index is 13.4. The second kappa shape index (κ2) is 5.93. The van der Waals surface area contributed by atoms with Gasteiger partial charge in [-0.2, -0.15) is 0 Å². The molecule has 0 radical (unpaired) electrons. The summed E-state index contributed by atoms with van der Waals surface area (Å²) in [5.41, 5.74) is 4.49. The Morgan fingerprint density at radius 1 is 0.889 bits per heavy atom. The molecule has 1 aliphatic carbocycles. The lowest BCUT2D eigenvalue weighted by Gasteiger charge is -2.23. The van der Waals surface area contributed by atoms with Crippen molar-refractivity contribution in [2.45, 2.75) is 33.1 Å². The van der Waals surface area contributed by atoms with Gasteiger partial charge in [0.2, 0.25) is 5.78 Å². The number of nitrogens with one attached hydrogen (secondary N) is 1. The molecule has 3 aromatic rings. The molecule has 0 amide bonds. The molecule has 0 saturated carbocycles. The maximum Gasteiger partial charge on any atom is 0.205 e. The van der Waals surface area contributed by atoms with Crippen LogP contribution in [-0.4, -0.2) is 16.6 Å². The maximum atomic E-state index is 13.4. The second-order valence-electron chi connectivity index (χ2n) is 8.02. The van der Waals surface area contributed by atoms with Crippen molar-refractivity contribution in [3.63, 3.8) is 0 Å². The molecule has 0 aliphatic heterocycles. The van der Waals surface area contributed by atoms with E-state index >= 15 is 0 Å². The Morgan fingerprint density at radius 2 is 1.52 bits per heavy atom. The van der Waals surface area contributed by atoms with E-state index in [4.69, 9.17) is 11.6 Å². The van der Waals surface area contributed by atoms with Crippen LogP contribution in [0.4, 0.5) is 0 Å². The van der Waals surface area contributed by atoms with Crippen molar-refractivity contribution in [1.82, 2.24) is 4.98 Å². The number of halogens is 1. The minimum Gasteiger partial charge on any atom is -0.357 e. The molecule has 1 aliphatic rings. The van der Waals surface area contributed by atoms with E-state index in [0.29, 0.717) is 16.7 Å². The molecule has 136 valence electrons. The standard InChI is InChI=1S/C23H20ClNO2/c1-12-8-7-11-15-16(22(23(2,3)4)25-19(12)15)17-18(24)21(27)14-10-6-5-9-13(14)20(17)26/h5-11,25H,1-4H3. The van der Waals surface area contributed by atoms with Crippen LogP contribution in [0.15, 0.2) is 47.5 Å². The summed E-state index contributed by atoms with van der Waals surface area (Å²) in [7, 11) is 0. The molecule has 0 atom stereocenters. The zero-order valence-electron chi connectivity index (χ0n) is 15.7. The number of aryl methyl sites for hydroxylation is 1. The molecule has 1 heterocycles. The predicted molar refractivity (Wildman–Crippen MR) is 110 cm³/mol. The lowest BCUT2D eigenvalue weighted by Crippen LogP contribution is -2.22. The molecule has 1 N–H and O–H groups in total. The molecule has 0 bridgehead atoms. The average Bonchev–Trinajstić information content (AvgIpc) is 3.01. The number of benzene rings is 2. The Labute approximate surface area is 163 Å². The smallest absolute Gasteiger partial charge is 0.205 e. The Morgan fingerprint density at radius 3 is 2.15 bits per heavy atom. The van der Waals surface area contributed by atoms with E-state index < -0.39 is 0 Å². The molecule has 27 heavy (non-hydrogen) atoms. The van der Waals surface area contributed by atoms with Gasteiger partial charge in [-0.3, -0.25) is 9.59 Å². The van der Waals surface area contributed by atoms with Gasteiger partial charge in [0.1, 0.15) is 5.03 Å². The fraction of sp³-hybridized carbons (Fsp3) is 0.217. The predicted octanol–water partition coefficient (Wildman–Crippen LogP) is 5.80. The number of hydrogen-bond acceptors (Lipinski definition) is 2. The molecule has 0 fully saturated rings. The molecule has 1 aromatic heterocycles. The zero-order valence-corrected chi connectivity index (χ0v) is 16.5. The molecule has 4 heteroatoms. The van der Waals surface area contributed by atoms with E-state index in [1.807, 2.05) is 25.1 Å². The molecule has 0 saturated heterocycles. The molecule has 3 nitrogen and oxygen atoms in total. The number of carbonyl (C=O) groups excluding carboxylic acids is 2. The van der Waals surface area contributed by atoms with Crippen molar-refractivity contribution < 1.29 is 9.59 Å². The average molecular weight is 378 g/mol. The molecule has 2 aromatic carbocycles. The Balaban J connectivity index is 2.11. The van der Waals surface area contributed by atoms with Crippen LogP contribution in [0, 0.1) is 6.92 Å². The van der Waals surface area contributed by atoms with Gasteiger partial charge in [-0.15, -0.1) is 0 Å². The molecule has 4 rings (SSSR count). The van der Waals surface area contributed by atoms with Gasteiger partial charge in [0.05, 0.1) is 5.57 Å². The number of ketones is 2. The first-order valence-electron chi connectivity index (χ1n) is 8.92. The monoisotopic (exact) mass is 377 g/mol. The van der Waals surface area contributed by atoms with Crippen LogP contribution in [-0.2, 0) is 5.41 Å². The van der Waals surface area contributed by atoms with Crippen molar-refractivity contribution in [2.24, 2.45) is 0 Å². The van der Waals surface area contributed by atoms with Crippen molar-refractivity contribution in [2.75, 3.05) is 0 Å². The van der Waals surface area contributed by atoms with Gasteiger partial charge in [-0.1, -0.05) is 74.8 Å². The molecular weight excluding hydrogens is 358 g/mol. The zero-order chi connectivity index (χ0) is 19.5. The first-order chi connectivity index (χ1) is 12.7. The van der Waals surface area contributed by atoms with Crippen molar-refractivity contribution in [3.8, 4) is 0 Å². The number of carbonyl (C=O) groups is 2. The Kier molecular flexibility index (Phi) is 3.90. The highest BCUT2D eigenvalue weighted by molar-refractivity contribution is 6.57. The highest BCUT2D eigenvalue weighted by atomic mass is 35.5. The summed E-state index contributed by atoms with van der Waals surface area (Å²) in [5, 5.41) is 0.903. The SMILES string of the molecule is Cc1cccc2c(C3=C(Cl)C(=O)c4ccccc4C3=O)c(C(C)(C)C)[nH]c12. The number of allylic oxidation sites excluding steroid dienone is 2. The van der Waals surface area contributed by atoms with Gasteiger partial charge in [-0.25, -0.2) is 0 Å². The number of hydrogen-bond donors (Lipinski definition) is 1. The third kappa shape index (κ3) is 2.57. The topological polar surface area (TPSA) is 49.9 Å². The highest BCUT2D eigenvalue weighted by Crippen LogP contribution is 2.42. The van der Waals surface area contributed by atoms with Gasteiger partial charge in [0.25, 0.3) is 0 Å². The molecule has 0 spiro atoms. The van der Waals surface area contributed by atoms with E-state index in [0.717, 1.165) is 27.7 Å². The lowest BCUT2D eigenvalue weighted by atomic mass is 9.80. The number of H-pyrrole nitrogens is 1. The van der Waals surface area contributed by atoms with E-state index in [1.54, 1.807) is 24.3 Å². The number of fused-ring (bicyclic) bond motifs is 2. The summed E-state index contributed by atoms with van der Waals surface area (Å²) in [6, 6.07) is 12.8. The van der Waals surface area contributed by atoms with Crippen LogP contribution in [0.1, 0.15) is 58.3 Å². The van der Waals surface area contributed by atoms with Gasteiger partial charge >= 0.3 is 0 Å². The largest absolute Gasteiger partial charge is 0.357 e. The molecule has 0 unspecified atom stereocenters. The highest BCUT2D eigenvalue weighted by Gasteiger charge is 2.36. The number of aromatic nitrogens is 1. The van der Waals surface area contributed by atoms with Gasteiger partial charge < -0.3 is 4.98 Å². The number of Topliss-reactive ketones (excluding diaryl/α,β-unsaturated/α-hetero) is 2. The summed E-state index contributed by atoms with van der Waals surface area (Å²) in [4.78, 5) is 29.7. The van der Waals surface area contributed by atoms with Crippen molar-refractivity contribution in [1.29, 1.82) is 0 Å². The van der Waals surface area contributed by atoms with Gasteiger partial charge in [0.15, 0.2) is 5.78 Å². The van der Waals surface area contributed by atoms with Crippen molar-refractivity contribution >= 4 is 39.6 Å². The third-order valence-corrected chi connectivity index (χ3v) is 5.46. The Hall–Kier alpha value is -2.65. The minimum atomic E-state index is -0.302. The van der Waals surface area contributed by atoms with Crippen LogP contribution in [0.2, 0.25) is 0 Å². The summed E-state index contributed by atoms with van der Waals surface area (Å²) in [5.74, 6) is -0.508. The normalized spacial score (nSPS) is 14.9. The van der Waals surface area contributed by atoms with Crippen LogP contribution in [0.5, 0.6) is 0 Å². The van der Waals surface area contributed by atoms with E-state index in [9.17, 15) is 9.59 Å². The van der Waals surface area contributed by atoms with E-state index in [2.05, 4.69) is 25.8 Å². The number of aromatic amines is 1. The summed E-state index contributed by atoms with van der Waals surface area (Å²) in [6.07, 6.45) is 0. The second-order valence-corrected chi connectivity index (χ2v) is 8.39. The van der Waals surface area contributed by atoms with Crippen LogP contribution < -0.4 is 0 Å². The number of para-hydroxylation sites is 1. The van der Waals surface area contributed by atoms with E-state index in [1.165, 1.54) is 0 Å². The first-order valence-corrected chi connectivity index (χ1v) is 9.30. The van der Waals surface area contributed by atoms with Crippen LogP contribution >= 0.6 is 11.6 Å². The summed E-state index contributed by atoms with van der Waals surface area (Å²) < 4.78 is 0. The Bertz CT molecular complexity index is 1160. The fourth-order valence-electron chi connectivity index (χ4n) is 3.75. The quantitative estimate of drug-likeness (QED) is 0.582. The van der Waals surface area contributed by atoms with Crippen LogP contribution in [0.25, 0.3) is 16.5 Å².